The van der Waals surface area contributed by atoms with Gasteiger partial charge < -0.3 is 20.7 Å². The Labute approximate surface area is 126 Å². The number of carboxylic acid groups (broad SMARTS) is 1. The summed E-state index contributed by atoms with van der Waals surface area (Å²) in [6.45, 7) is 1.07. The van der Waals surface area contributed by atoms with Crippen LogP contribution in [0.1, 0.15) is 28.9 Å². The van der Waals surface area contributed by atoms with E-state index in [4.69, 9.17) is 10.8 Å². The average molecular weight is 368 g/mol. The Morgan fingerprint density at radius 1 is 1.48 bits per heavy atom. The van der Waals surface area contributed by atoms with Crippen LogP contribution >= 0.6 is 15.9 Å². The number of aromatic carboxylic acids is 1. The summed E-state index contributed by atoms with van der Waals surface area (Å²) in [6, 6.07) is -0.120. The van der Waals surface area contributed by atoms with Crippen LogP contribution in [-0.2, 0) is 9.53 Å². The van der Waals surface area contributed by atoms with Crippen molar-refractivity contribution in [1.82, 2.24) is 0 Å². The molecule has 9 heteroatoms. The fourth-order valence-electron chi connectivity index (χ4n) is 1.59. The molecule has 0 unspecified atom stereocenters. The number of esters is 1. The molecule has 116 valence electrons. The minimum Gasteiger partial charge on any atom is -0.507 e. The molecule has 1 rings (SSSR count). The van der Waals surface area contributed by atoms with Crippen molar-refractivity contribution in [3.05, 3.63) is 27.7 Å². The van der Waals surface area contributed by atoms with Crippen molar-refractivity contribution in [3.8, 4) is 5.75 Å². The number of aromatic hydroxyl groups is 1. The molecule has 0 bridgehead atoms. The Kier molecular flexibility index (Phi) is 5.24. The van der Waals surface area contributed by atoms with Gasteiger partial charge in [-0.1, -0.05) is 15.9 Å². The third-order valence-corrected chi connectivity index (χ3v) is 3.33. The van der Waals surface area contributed by atoms with E-state index in [1.807, 2.05) is 0 Å². The lowest BCUT2D eigenvalue weighted by molar-refractivity contribution is -0.174. The maximum Gasteiger partial charge on any atom is 0.379 e. The molecule has 0 heterocycles. The standard InChI is InChI=1S/C12H12BrF2NO5/c1-2-21-11(20)12(14,15)9(16)7-6(13)4-3-5(8(7)17)10(18)19/h3-4,9,17H,2,16H2,1H3,(H,18,19)/t9-/m1/s1. The van der Waals surface area contributed by atoms with Crippen LogP contribution in [0.4, 0.5) is 8.78 Å². The predicted molar refractivity (Wildman–Crippen MR) is 71.3 cm³/mol. The van der Waals surface area contributed by atoms with E-state index in [9.17, 15) is 23.5 Å². The summed E-state index contributed by atoms with van der Waals surface area (Å²) in [5.41, 5.74) is 4.14. The second-order valence-electron chi connectivity index (χ2n) is 3.98. The Morgan fingerprint density at radius 3 is 2.52 bits per heavy atom. The molecule has 0 aliphatic heterocycles. The minimum absolute atomic E-state index is 0.0542. The lowest BCUT2D eigenvalue weighted by atomic mass is 9.97. The van der Waals surface area contributed by atoms with Gasteiger partial charge in [0.2, 0.25) is 0 Å². The molecule has 0 amide bonds. The van der Waals surface area contributed by atoms with Gasteiger partial charge in [-0.3, -0.25) is 0 Å². The first kappa shape index (κ1) is 17.3. The molecule has 0 saturated carbocycles. The van der Waals surface area contributed by atoms with Crippen LogP contribution in [0, 0.1) is 0 Å². The van der Waals surface area contributed by atoms with Crippen LogP contribution in [-0.4, -0.2) is 34.7 Å². The molecule has 0 fully saturated rings. The highest BCUT2D eigenvalue weighted by molar-refractivity contribution is 9.10. The van der Waals surface area contributed by atoms with Crippen molar-refractivity contribution in [1.29, 1.82) is 0 Å². The number of phenols is 1. The molecule has 1 atom stereocenters. The van der Waals surface area contributed by atoms with Gasteiger partial charge in [0, 0.05) is 10.0 Å². The number of benzene rings is 1. The van der Waals surface area contributed by atoms with Crippen molar-refractivity contribution in [2.24, 2.45) is 5.73 Å². The number of carboxylic acids is 1. The molecule has 0 saturated heterocycles. The maximum atomic E-state index is 13.9. The van der Waals surface area contributed by atoms with E-state index in [-0.39, 0.29) is 11.1 Å². The highest BCUT2D eigenvalue weighted by Crippen LogP contribution is 2.40. The number of rotatable bonds is 5. The summed E-state index contributed by atoms with van der Waals surface area (Å²) in [4.78, 5) is 22.2. The largest absolute Gasteiger partial charge is 0.507 e. The van der Waals surface area contributed by atoms with Crippen LogP contribution in [0.3, 0.4) is 0 Å². The van der Waals surface area contributed by atoms with Gasteiger partial charge in [0.05, 0.1) is 6.61 Å². The second kappa shape index (κ2) is 6.35. The van der Waals surface area contributed by atoms with Crippen molar-refractivity contribution >= 4 is 27.9 Å². The number of carbonyl (C=O) groups is 2. The van der Waals surface area contributed by atoms with E-state index < -0.39 is 40.8 Å². The first-order chi connectivity index (χ1) is 9.64. The number of halogens is 3. The van der Waals surface area contributed by atoms with E-state index in [0.29, 0.717) is 0 Å². The summed E-state index contributed by atoms with van der Waals surface area (Å²) >= 11 is 2.89. The Bertz CT molecular complexity index is 579. The van der Waals surface area contributed by atoms with E-state index in [2.05, 4.69) is 20.7 Å². The van der Waals surface area contributed by atoms with Gasteiger partial charge in [0.25, 0.3) is 0 Å². The topological polar surface area (TPSA) is 110 Å². The zero-order valence-electron chi connectivity index (χ0n) is 10.8. The highest BCUT2D eigenvalue weighted by Gasteiger charge is 2.49. The third kappa shape index (κ3) is 3.30. The van der Waals surface area contributed by atoms with Crippen LogP contribution < -0.4 is 5.73 Å². The van der Waals surface area contributed by atoms with Gasteiger partial charge in [-0.25, -0.2) is 9.59 Å². The van der Waals surface area contributed by atoms with E-state index in [1.54, 1.807) is 0 Å². The molecule has 1 aromatic carbocycles. The first-order valence-electron chi connectivity index (χ1n) is 5.69. The van der Waals surface area contributed by atoms with Crippen molar-refractivity contribution in [2.75, 3.05) is 6.61 Å². The van der Waals surface area contributed by atoms with Gasteiger partial charge in [0.15, 0.2) is 0 Å². The normalized spacial score (nSPS) is 12.8. The predicted octanol–water partition coefficient (Wildman–Crippen LogP) is 2.05. The molecule has 0 aliphatic carbocycles. The fourth-order valence-corrected chi connectivity index (χ4v) is 2.15. The van der Waals surface area contributed by atoms with Crippen LogP contribution in [0.25, 0.3) is 0 Å². The van der Waals surface area contributed by atoms with Gasteiger partial charge in [-0.2, -0.15) is 8.78 Å². The number of nitrogens with two attached hydrogens (primary N) is 1. The zero-order chi connectivity index (χ0) is 16.4. The molecule has 0 spiro atoms. The van der Waals surface area contributed by atoms with Crippen LogP contribution in [0.2, 0.25) is 0 Å². The summed E-state index contributed by atoms with van der Waals surface area (Å²) in [6.07, 6.45) is 0. The number of alkyl halides is 2. The third-order valence-electron chi connectivity index (χ3n) is 2.64. The van der Waals surface area contributed by atoms with Gasteiger partial charge >= 0.3 is 17.9 Å². The van der Waals surface area contributed by atoms with Crippen molar-refractivity contribution in [2.45, 2.75) is 18.9 Å². The SMILES string of the molecule is CCOC(=O)C(F)(F)[C@H](N)c1c(Br)ccc(C(=O)O)c1O. The lowest BCUT2D eigenvalue weighted by Crippen LogP contribution is -2.42. The lowest BCUT2D eigenvalue weighted by Gasteiger charge is -2.23. The Hall–Kier alpha value is -1.74. The number of ether oxygens (including phenoxy) is 1. The monoisotopic (exact) mass is 367 g/mol. The maximum absolute atomic E-state index is 13.9. The molecule has 0 radical (unpaired) electrons. The van der Waals surface area contributed by atoms with Gasteiger partial charge in [-0.15, -0.1) is 0 Å². The molecule has 6 nitrogen and oxygen atoms in total. The summed E-state index contributed by atoms with van der Waals surface area (Å²) in [7, 11) is 0. The quantitative estimate of drug-likeness (QED) is 0.687. The first-order valence-corrected chi connectivity index (χ1v) is 6.49. The Balaban J connectivity index is 3.36. The summed E-state index contributed by atoms with van der Waals surface area (Å²) in [5.74, 6) is -8.45. The van der Waals surface area contributed by atoms with E-state index in [0.717, 1.165) is 12.1 Å². The molecular formula is C12H12BrF2NO5. The van der Waals surface area contributed by atoms with Crippen LogP contribution in [0.5, 0.6) is 5.75 Å². The van der Waals surface area contributed by atoms with Gasteiger partial charge in [-0.05, 0) is 19.1 Å². The number of hydrogen-bond donors (Lipinski definition) is 3. The minimum atomic E-state index is -4.13. The number of carbonyl (C=O) groups excluding carboxylic acids is 1. The Morgan fingerprint density at radius 2 is 2.05 bits per heavy atom. The highest BCUT2D eigenvalue weighted by atomic mass is 79.9. The second-order valence-corrected chi connectivity index (χ2v) is 4.84. The summed E-state index contributed by atoms with van der Waals surface area (Å²) in [5, 5.41) is 18.7. The molecule has 0 aromatic heterocycles. The van der Waals surface area contributed by atoms with Crippen LogP contribution in [0.15, 0.2) is 16.6 Å². The van der Waals surface area contributed by atoms with E-state index >= 15 is 0 Å². The van der Waals surface area contributed by atoms with Crippen molar-refractivity contribution < 1.29 is 33.3 Å². The summed E-state index contributed by atoms with van der Waals surface area (Å²) < 4.78 is 32.0. The molecule has 4 N–H and O–H groups in total. The van der Waals surface area contributed by atoms with Crippen molar-refractivity contribution in [3.63, 3.8) is 0 Å². The average Bonchev–Trinajstić information content (AvgIpc) is 2.38. The smallest absolute Gasteiger partial charge is 0.379 e. The molecule has 0 aliphatic rings. The number of hydrogen-bond acceptors (Lipinski definition) is 5. The fraction of sp³-hybridized carbons (Fsp3) is 0.333. The molecular weight excluding hydrogens is 356 g/mol. The molecule has 1 aromatic rings. The van der Waals surface area contributed by atoms with E-state index in [1.165, 1.54) is 6.92 Å². The van der Waals surface area contributed by atoms with Gasteiger partial charge in [0.1, 0.15) is 17.4 Å². The zero-order valence-corrected chi connectivity index (χ0v) is 12.4. The molecule has 21 heavy (non-hydrogen) atoms.